The van der Waals surface area contributed by atoms with Crippen molar-refractivity contribution in [1.82, 2.24) is 14.7 Å². The summed E-state index contributed by atoms with van der Waals surface area (Å²) in [4.78, 5) is 51.6. The fourth-order valence-corrected chi connectivity index (χ4v) is 10.3. The topological polar surface area (TPSA) is 93.6 Å². The number of hydrogen-bond acceptors (Lipinski definition) is 7. The van der Waals surface area contributed by atoms with Gasteiger partial charge in [-0.3, -0.25) is 19.3 Å². The van der Waals surface area contributed by atoms with E-state index in [1.807, 2.05) is 49.1 Å². The normalized spacial score (nSPS) is 30.3. The van der Waals surface area contributed by atoms with Gasteiger partial charge in [0.15, 0.2) is 0 Å². The summed E-state index contributed by atoms with van der Waals surface area (Å²) in [6, 6.07) is 8.19. The highest BCUT2D eigenvalue weighted by atomic mass is 32.2. The van der Waals surface area contributed by atoms with E-state index >= 15 is 0 Å². The minimum Gasteiger partial charge on any atom is -0.394 e. The molecule has 3 amide bonds. The lowest BCUT2D eigenvalue weighted by molar-refractivity contribution is -0.146. The molecule has 4 fully saturated rings. The van der Waals surface area contributed by atoms with Gasteiger partial charge in [0.25, 0.3) is 0 Å². The van der Waals surface area contributed by atoms with Gasteiger partial charge in [-0.15, -0.1) is 24.9 Å². The average molecular weight is 625 g/mol. The molecule has 0 aliphatic carbocycles. The van der Waals surface area contributed by atoms with Crippen LogP contribution in [0.3, 0.4) is 0 Å². The van der Waals surface area contributed by atoms with E-state index in [4.69, 9.17) is 4.74 Å². The Balaban J connectivity index is 1.54. The molecular weight excluding hydrogens is 576 g/mol. The van der Waals surface area contributed by atoms with Gasteiger partial charge in [-0.2, -0.15) is 0 Å². The van der Waals surface area contributed by atoms with Crippen LogP contribution in [-0.2, 0) is 19.1 Å². The Morgan fingerprint density at radius 2 is 1.82 bits per heavy atom. The van der Waals surface area contributed by atoms with E-state index in [9.17, 15) is 19.5 Å². The molecule has 4 saturated heterocycles. The van der Waals surface area contributed by atoms with Crippen molar-refractivity contribution in [2.24, 2.45) is 23.7 Å². The molecule has 10 heteroatoms. The lowest BCUT2D eigenvalue weighted by Crippen LogP contribution is -2.60. The first-order chi connectivity index (χ1) is 21.2. The second kappa shape index (κ2) is 13.8. The molecule has 1 aromatic carbocycles. The van der Waals surface area contributed by atoms with Crippen molar-refractivity contribution in [3.8, 4) is 0 Å². The number of ether oxygens (including phenoxy) is 1. The van der Waals surface area contributed by atoms with Crippen molar-refractivity contribution >= 4 is 35.2 Å². The number of carbonyl (C=O) groups is 3. The maximum atomic E-state index is 14.8. The summed E-state index contributed by atoms with van der Waals surface area (Å²) in [5.74, 6) is -1.68. The van der Waals surface area contributed by atoms with Crippen LogP contribution in [0.2, 0.25) is 0 Å². The summed E-state index contributed by atoms with van der Waals surface area (Å²) >= 11 is 1.67. The van der Waals surface area contributed by atoms with E-state index in [0.717, 1.165) is 25.2 Å². The number of rotatable bonds is 13. The van der Waals surface area contributed by atoms with Gasteiger partial charge in [0.05, 0.1) is 42.4 Å². The molecule has 240 valence electrons. The lowest BCUT2D eigenvalue weighted by Gasteiger charge is -2.43. The summed E-state index contributed by atoms with van der Waals surface area (Å²) < 4.78 is 4.74. The Labute approximate surface area is 266 Å². The van der Waals surface area contributed by atoms with Crippen LogP contribution in [0.25, 0.3) is 0 Å². The summed E-state index contributed by atoms with van der Waals surface area (Å²) in [6.07, 6.45) is 4.20. The molecule has 1 aromatic rings. The summed E-state index contributed by atoms with van der Waals surface area (Å²) in [6.45, 7) is 18.5. The zero-order chi connectivity index (χ0) is 31.6. The second-order valence-electron chi connectivity index (χ2n) is 12.9. The molecule has 44 heavy (non-hydrogen) atoms. The molecule has 1 N–H and O–H groups in total. The highest BCUT2D eigenvalue weighted by Crippen LogP contribution is 2.69. The molecule has 4 aliphatic heterocycles. The molecule has 0 radical (unpaired) electrons. The van der Waals surface area contributed by atoms with Crippen molar-refractivity contribution < 1.29 is 24.2 Å². The standard InChI is InChI=1S/C34H48N4O5S/c1-6-13-36(16-15-35-17-19-43-20-18-35)33(42)30-34-24(5)21-27(44-34)28(29(34)32(41)38(30)26(22-39)23(3)4)31(40)37(14-7-2)25-11-9-8-10-12-25/h6-12,23-24,26-30,39H,1-2,13-22H2,3-5H3/t24?,26-,27-,28+,29-,30?,34?/m0/s1. The Morgan fingerprint density at radius 1 is 1.14 bits per heavy atom. The molecule has 4 heterocycles. The van der Waals surface area contributed by atoms with Crippen molar-refractivity contribution in [1.29, 1.82) is 0 Å². The summed E-state index contributed by atoms with van der Waals surface area (Å²) in [7, 11) is 0. The van der Waals surface area contributed by atoms with Crippen LogP contribution >= 0.6 is 11.8 Å². The smallest absolute Gasteiger partial charge is 0.247 e. The van der Waals surface area contributed by atoms with Gasteiger partial charge < -0.3 is 24.5 Å². The average Bonchev–Trinajstić information content (AvgIpc) is 3.62. The van der Waals surface area contributed by atoms with Crippen LogP contribution in [-0.4, -0.2) is 119 Å². The predicted octanol–water partition coefficient (Wildman–Crippen LogP) is 2.91. The first kappa shape index (κ1) is 32.7. The van der Waals surface area contributed by atoms with Crippen molar-refractivity contribution in [2.45, 2.75) is 49.3 Å². The van der Waals surface area contributed by atoms with Gasteiger partial charge in [-0.1, -0.05) is 51.1 Å². The minimum absolute atomic E-state index is 0.0374. The van der Waals surface area contributed by atoms with Crippen LogP contribution in [0, 0.1) is 23.7 Å². The number of benzene rings is 1. The number of likely N-dealkylation sites (tertiary alicyclic amines) is 1. The first-order valence-electron chi connectivity index (χ1n) is 16.0. The van der Waals surface area contributed by atoms with Crippen LogP contribution < -0.4 is 4.90 Å². The highest BCUT2D eigenvalue weighted by molar-refractivity contribution is 8.02. The number of amides is 3. The maximum Gasteiger partial charge on any atom is 0.247 e. The van der Waals surface area contributed by atoms with E-state index < -0.39 is 28.7 Å². The number of anilines is 1. The monoisotopic (exact) mass is 624 g/mol. The van der Waals surface area contributed by atoms with E-state index in [1.54, 1.807) is 33.7 Å². The first-order valence-corrected chi connectivity index (χ1v) is 16.9. The zero-order valence-electron chi connectivity index (χ0n) is 26.3. The van der Waals surface area contributed by atoms with Crippen LogP contribution in [0.4, 0.5) is 5.69 Å². The van der Waals surface area contributed by atoms with Crippen LogP contribution in [0.5, 0.6) is 0 Å². The zero-order valence-corrected chi connectivity index (χ0v) is 27.2. The van der Waals surface area contributed by atoms with Gasteiger partial charge in [-0.05, 0) is 30.4 Å². The van der Waals surface area contributed by atoms with Gasteiger partial charge in [-0.25, -0.2) is 0 Å². The SMILES string of the molecule is C=CCN(CCN1CCOCC1)C(=O)C1N([C@@H](CO)C(C)C)C(=O)[C@@H]2[C@H](C(=O)N(CC=C)c3ccccc3)[C@@H]3CC(C)C12S3. The van der Waals surface area contributed by atoms with E-state index in [0.29, 0.717) is 39.4 Å². The van der Waals surface area contributed by atoms with Crippen molar-refractivity contribution in [3.63, 3.8) is 0 Å². The molecular formula is C34H48N4O5S. The molecule has 1 spiro atoms. The Kier molecular flexibility index (Phi) is 10.2. The van der Waals surface area contributed by atoms with Crippen LogP contribution in [0.1, 0.15) is 27.2 Å². The fourth-order valence-electron chi connectivity index (χ4n) is 7.95. The minimum atomic E-state index is -0.781. The summed E-state index contributed by atoms with van der Waals surface area (Å²) in [5, 5.41) is 10.5. The molecule has 0 aromatic heterocycles. The number of fused-ring (bicyclic) bond motifs is 1. The quantitative estimate of drug-likeness (QED) is 0.338. The molecule has 9 nitrogen and oxygen atoms in total. The number of para-hydroxylation sites is 1. The van der Waals surface area contributed by atoms with Gasteiger partial charge in [0.2, 0.25) is 17.7 Å². The molecule has 4 aliphatic rings. The summed E-state index contributed by atoms with van der Waals surface area (Å²) in [5.41, 5.74) is 0.762. The molecule has 5 rings (SSSR count). The number of thioether (sulfide) groups is 1. The number of morpholine rings is 1. The van der Waals surface area contributed by atoms with Crippen LogP contribution in [0.15, 0.2) is 55.6 Å². The third kappa shape index (κ3) is 5.63. The van der Waals surface area contributed by atoms with Crippen molar-refractivity contribution in [2.75, 3.05) is 64.0 Å². The predicted molar refractivity (Wildman–Crippen MR) is 174 cm³/mol. The van der Waals surface area contributed by atoms with Gasteiger partial charge in [0, 0.05) is 50.2 Å². The Morgan fingerprint density at radius 3 is 2.43 bits per heavy atom. The largest absolute Gasteiger partial charge is 0.394 e. The fraction of sp³-hybridized carbons (Fsp3) is 0.618. The molecule has 3 unspecified atom stereocenters. The van der Waals surface area contributed by atoms with E-state index in [-0.39, 0.29) is 41.4 Å². The highest BCUT2D eigenvalue weighted by Gasteiger charge is 2.77. The number of aliphatic hydroxyl groups excluding tert-OH is 1. The molecule has 2 bridgehead atoms. The second-order valence-corrected chi connectivity index (χ2v) is 14.4. The molecule has 0 saturated carbocycles. The van der Waals surface area contributed by atoms with E-state index in [1.165, 1.54) is 0 Å². The third-order valence-corrected chi connectivity index (χ3v) is 12.2. The number of nitrogens with zero attached hydrogens (tertiary/aromatic N) is 4. The maximum absolute atomic E-state index is 14.8. The number of carbonyl (C=O) groups excluding carboxylic acids is 3. The van der Waals surface area contributed by atoms with Crippen molar-refractivity contribution in [3.05, 3.63) is 55.6 Å². The van der Waals surface area contributed by atoms with Gasteiger partial charge >= 0.3 is 0 Å². The lowest BCUT2D eigenvalue weighted by atomic mass is 9.65. The third-order valence-electron chi connectivity index (χ3n) is 10.1. The van der Waals surface area contributed by atoms with E-state index in [2.05, 4.69) is 25.0 Å². The Hall–Kier alpha value is -2.66. The Bertz CT molecular complexity index is 1220. The van der Waals surface area contributed by atoms with Gasteiger partial charge in [0.1, 0.15) is 6.04 Å². The molecule has 7 atom stereocenters. The number of hydrogen-bond donors (Lipinski definition) is 1. The number of aliphatic hydroxyl groups is 1.